The van der Waals surface area contributed by atoms with Gasteiger partial charge in [-0.05, 0) is 24.3 Å². The van der Waals surface area contributed by atoms with Gasteiger partial charge in [0.15, 0.2) is 0 Å². The maximum atomic E-state index is 12.5. The van der Waals surface area contributed by atoms with Crippen LogP contribution in [-0.2, 0) is 17.6 Å². The topological polar surface area (TPSA) is 81.3 Å². The number of hydroxylamine groups is 2. The van der Waals surface area contributed by atoms with Crippen LogP contribution in [0, 0.1) is 0 Å². The summed E-state index contributed by atoms with van der Waals surface area (Å²) < 4.78 is 41.8. The first-order valence-electron chi connectivity index (χ1n) is 7.76. The Morgan fingerprint density at radius 2 is 2.00 bits per heavy atom. The Balaban J connectivity index is 1.75. The first-order valence-corrected chi connectivity index (χ1v) is 8.14. The standard InChI is InChI=1S/C17H12ClF3N4O3/c1-27-25(15(26)12-4-2-3-5-13(12)18)9-11-7-6-10(8-22-11)14-23-16(28-24-14)17(19,20)21/h2-8H,9H2,1H3. The van der Waals surface area contributed by atoms with E-state index in [2.05, 4.69) is 19.6 Å². The van der Waals surface area contributed by atoms with Crippen molar-refractivity contribution in [1.29, 1.82) is 0 Å². The van der Waals surface area contributed by atoms with E-state index in [1.54, 1.807) is 24.3 Å². The molecule has 0 saturated carbocycles. The van der Waals surface area contributed by atoms with Gasteiger partial charge in [-0.15, -0.1) is 0 Å². The molecule has 2 heterocycles. The number of amides is 1. The maximum absolute atomic E-state index is 12.5. The summed E-state index contributed by atoms with van der Waals surface area (Å²) >= 11 is 6.02. The van der Waals surface area contributed by atoms with Crippen molar-refractivity contribution < 1.29 is 27.3 Å². The van der Waals surface area contributed by atoms with Gasteiger partial charge in [-0.1, -0.05) is 28.9 Å². The minimum absolute atomic E-state index is 0.0130. The fourth-order valence-corrected chi connectivity index (χ4v) is 2.46. The molecule has 1 amide bonds. The van der Waals surface area contributed by atoms with E-state index in [-0.39, 0.29) is 28.5 Å². The Bertz CT molecular complexity index is 976. The number of nitrogens with zero attached hydrogens (tertiary/aromatic N) is 4. The Labute approximate surface area is 161 Å². The number of benzene rings is 1. The van der Waals surface area contributed by atoms with E-state index in [1.165, 1.54) is 25.4 Å². The molecule has 0 unspecified atom stereocenters. The zero-order valence-electron chi connectivity index (χ0n) is 14.3. The van der Waals surface area contributed by atoms with E-state index < -0.39 is 18.0 Å². The van der Waals surface area contributed by atoms with Crippen molar-refractivity contribution in [2.24, 2.45) is 0 Å². The molecule has 3 aromatic rings. The van der Waals surface area contributed by atoms with E-state index in [0.717, 1.165) is 5.06 Å². The molecule has 1 aromatic carbocycles. The summed E-state index contributed by atoms with van der Waals surface area (Å²) in [5.74, 6) is -2.16. The summed E-state index contributed by atoms with van der Waals surface area (Å²) in [4.78, 5) is 25.0. The Hall–Kier alpha value is -2.98. The van der Waals surface area contributed by atoms with Crippen molar-refractivity contribution in [2.45, 2.75) is 12.7 Å². The molecule has 0 radical (unpaired) electrons. The molecule has 3 rings (SSSR count). The molecule has 0 atom stereocenters. The number of pyridine rings is 1. The highest BCUT2D eigenvalue weighted by Gasteiger charge is 2.38. The third kappa shape index (κ3) is 4.29. The number of alkyl halides is 3. The highest BCUT2D eigenvalue weighted by Crippen LogP contribution is 2.29. The fourth-order valence-electron chi connectivity index (χ4n) is 2.24. The van der Waals surface area contributed by atoms with E-state index in [9.17, 15) is 18.0 Å². The SMILES string of the molecule is CON(Cc1ccc(-c2noc(C(F)(F)F)n2)cn1)C(=O)c1ccccc1Cl. The molecular formula is C17H12ClF3N4O3. The van der Waals surface area contributed by atoms with Crippen LogP contribution in [0.1, 0.15) is 21.9 Å². The number of hydrogen-bond acceptors (Lipinski definition) is 6. The summed E-state index contributed by atoms with van der Waals surface area (Å²) in [6.45, 7) is -0.0130. The molecule has 28 heavy (non-hydrogen) atoms. The molecule has 2 aromatic heterocycles. The van der Waals surface area contributed by atoms with Gasteiger partial charge < -0.3 is 4.52 Å². The average molecular weight is 413 g/mol. The quantitative estimate of drug-likeness (QED) is 0.589. The largest absolute Gasteiger partial charge is 0.471 e. The van der Waals surface area contributed by atoms with Gasteiger partial charge in [-0.2, -0.15) is 18.2 Å². The van der Waals surface area contributed by atoms with Gasteiger partial charge in [-0.3, -0.25) is 14.6 Å². The molecule has 0 spiro atoms. The number of carbonyl (C=O) groups excluding carboxylic acids is 1. The van der Waals surface area contributed by atoms with Gasteiger partial charge in [0.05, 0.1) is 29.9 Å². The van der Waals surface area contributed by atoms with Crippen molar-refractivity contribution in [1.82, 2.24) is 20.2 Å². The van der Waals surface area contributed by atoms with E-state index >= 15 is 0 Å². The van der Waals surface area contributed by atoms with Crippen LogP contribution in [0.25, 0.3) is 11.4 Å². The van der Waals surface area contributed by atoms with Crippen LogP contribution in [-0.4, -0.2) is 33.2 Å². The summed E-state index contributed by atoms with van der Waals surface area (Å²) in [6, 6.07) is 9.46. The first-order chi connectivity index (χ1) is 13.3. The van der Waals surface area contributed by atoms with E-state index in [0.29, 0.717) is 5.69 Å². The summed E-state index contributed by atoms with van der Waals surface area (Å²) in [5.41, 5.74) is 0.907. The molecular weight excluding hydrogens is 401 g/mol. The molecule has 0 N–H and O–H groups in total. The lowest BCUT2D eigenvalue weighted by molar-refractivity contribution is -0.159. The van der Waals surface area contributed by atoms with Gasteiger partial charge >= 0.3 is 12.1 Å². The van der Waals surface area contributed by atoms with Crippen LogP contribution >= 0.6 is 11.6 Å². The van der Waals surface area contributed by atoms with Crippen molar-refractivity contribution in [3.05, 3.63) is 64.8 Å². The highest BCUT2D eigenvalue weighted by molar-refractivity contribution is 6.33. The monoisotopic (exact) mass is 412 g/mol. The molecule has 0 aliphatic heterocycles. The minimum Gasteiger partial charge on any atom is -0.329 e. The zero-order chi connectivity index (χ0) is 20.3. The smallest absolute Gasteiger partial charge is 0.329 e. The van der Waals surface area contributed by atoms with Crippen LogP contribution in [0.4, 0.5) is 13.2 Å². The predicted molar refractivity (Wildman–Crippen MR) is 90.9 cm³/mol. The second-order valence-electron chi connectivity index (χ2n) is 5.46. The summed E-state index contributed by atoms with van der Waals surface area (Å²) in [6.07, 6.45) is -3.45. The highest BCUT2D eigenvalue weighted by atomic mass is 35.5. The molecule has 7 nitrogen and oxygen atoms in total. The molecule has 11 heteroatoms. The van der Waals surface area contributed by atoms with Crippen molar-refractivity contribution in [3.8, 4) is 11.4 Å². The number of rotatable bonds is 5. The second kappa shape index (κ2) is 7.95. The van der Waals surface area contributed by atoms with Gasteiger partial charge in [0.1, 0.15) is 0 Å². The van der Waals surface area contributed by atoms with Crippen LogP contribution in [0.2, 0.25) is 5.02 Å². The Morgan fingerprint density at radius 3 is 2.57 bits per heavy atom. The number of hydrogen-bond donors (Lipinski definition) is 0. The fraction of sp³-hybridized carbons (Fsp3) is 0.176. The van der Waals surface area contributed by atoms with E-state index in [1.807, 2.05) is 0 Å². The van der Waals surface area contributed by atoms with Crippen molar-refractivity contribution >= 4 is 17.5 Å². The number of carbonyl (C=O) groups is 1. The summed E-state index contributed by atoms with van der Waals surface area (Å²) in [5, 5.41) is 4.62. The predicted octanol–water partition coefficient (Wildman–Crippen LogP) is 4.01. The van der Waals surface area contributed by atoms with Gasteiger partial charge in [0, 0.05) is 11.8 Å². The zero-order valence-corrected chi connectivity index (χ0v) is 15.0. The van der Waals surface area contributed by atoms with Crippen LogP contribution in [0.15, 0.2) is 47.1 Å². The Kier molecular flexibility index (Phi) is 5.61. The van der Waals surface area contributed by atoms with Crippen molar-refractivity contribution in [2.75, 3.05) is 7.11 Å². The number of aromatic nitrogens is 3. The minimum atomic E-state index is -4.73. The molecule has 0 fully saturated rings. The molecule has 0 aliphatic carbocycles. The van der Waals surface area contributed by atoms with E-state index in [4.69, 9.17) is 16.4 Å². The van der Waals surface area contributed by atoms with Crippen LogP contribution in [0.5, 0.6) is 0 Å². The molecule has 0 aliphatic rings. The lowest BCUT2D eigenvalue weighted by Crippen LogP contribution is -2.30. The third-order valence-electron chi connectivity index (χ3n) is 3.61. The molecule has 0 bridgehead atoms. The van der Waals surface area contributed by atoms with Crippen LogP contribution < -0.4 is 0 Å². The van der Waals surface area contributed by atoms with Gasteiger partial charge in [0.2, 0.25) is 5.82 Å². The first kappa shape index (κ1) is 19.8. The van der Waals surface area contributed by atoms with Crippen LogP contribution in [0.3, 0.4) is 0 Å². The third-order valence-corrected chi connectivity index (χ3v) is 3.94. The normalized spacial score (nSPS) is 11.5. The lowest BCUT2D eigenvalue weighted by atomic mass is 10.2. The Morgan fingerprint density at radius 1 is 1.25 bits per heavy atom. The number of halogens is 4. The van der Waals surface area contributed by atoms with Gasteiger partial charge in [0.25, 0.3) is 5.91 Å². The molecule has 146 valence electrons. The van der Waals surface area contributed by atoms with Gasteiger partial charge in [-0.25, -0.2) is 5.06 Å². The maximum Gasteiger partial charge on any atom is 0.471 e. The van der Waals surface area contributed by atoms with Crippen molar-refractivity contribution in [3.63, 3.8) is 0 Å². The second-order valence-corrected chi connectivity index (χ2v) is 5.87. The molecule has 0 saturated heterocycles. The lowest BCUT2D eigenvalue weighted by Gasteiger charge is -2.19. The summed E-state index contributed by atoms with van der Waals surface area (Å²) in [7, 11) is 1.32. The average Bonchev–Trinajstić information content (AvgIpc) is 3.17.